The zero-order valence-corrected chi connectivity index (χ0v) is 14.9. The molecule has 1 aliphatic heterocycles. The number of ketones is 1. The minimum absolute atomic E-state index is 0.00458. The number of hydrogen-bond donors (Lipinski definition) is 1. The molecule has 0 unspecified atom stereocenters. The van der Waals surface area contributed by atoms with Crippen molar-refractivity contribution in [2.24, 2.45) is 0 Å². The predicted octanol–water partition coefficient (Wildman–Crippen LogP) is 2.62. The highest BCUT2D eigenvalue weighted by Gasteiger charge is 2.42. The minimum atomic E-state index is -0.808. The van der Waals surface area contributed by atoms with Gasteiger partial charge in [-0.3, -0.25) is 19.3 Å². The molecule has 0 bridgehead atoms. The smallest absolute Gasteiger partial charge is 0.292 e. The number of aryl methyl sites for hydroxylation is 1. The van der Waals surface area contributed by atoms with E-state index in [2.05, 4.69) is 5.32 Å². The third-order valence-corrected chi connectivity index (χ3v) is 5.06. The normalized spacial score (nSPS) is 21.8. The average molecular weight is 368 g/mol. The van der Waals surface area contributed by atoms with E-state index in [1.165, 1.54) is 11.2 Å². The summed E-state index contributed by atoms with van der Waals surface area (Å²) in [6.45, 7) is 1.75. The van der Waals surface area contributed by atoms with Crippen LogP contribution in [0.4, 0.5) is 5.69 Å². The van der Waals surface area contributed by atoms with Crippen molar-refractivity contribution in [1.82, 2.24) is 4.90 Å². The van der Waals surface area contributed by atoms with Crippen LogP contribution in [0.2, 0.25) is 0 Å². The lowest BCUT2D eigenvalue weighted by molar-refractivity contribution is -0.120. The van der Waals surface area contributed by atoms with Crippen molar-refractivity contribution in [3.8, 4) is 0 Å². The number of furan rings is 1. The van der Waals surface area contributed by atoms with E-state index in [1.54, 1.807) is 25.1 Å². The molecule has 7 heteroatoms. The molecule has 2 aliphatic rings. The second kappa shape index (κ2) is 7.00. The maximum atomic E-state index is 13.0. The summed E-state index contributed by atoms with van der Waals surface area (Å²) in [4.78, 5) is 39.3. The van der Waals surface area contributed by atoms with Gasteiger partial charge in [-0.2, -0.15) is 0 Å². The highest BCUT2D eigenvalue weighted by molar-refractivity contribution is 6.08. The van der Waals surface area contributed by atoms with Crippen LogP contribution >= 0.6 is 0 Å². The minimum Gasteiger partial charge on any atom is -0.459 e. The summed E-state index contributed by atoms with van der Waals surface area (Å²) in [6, 6.07) is 7.82. The molecule has 1 aromatic heterocycles. The first-order valence-corrected chi connectivity index (χ1v) is 8.98. The molecule has 7 nitrogen and oxygen atoms in total. The molecule has 2 atom stereocenters. The van der Waals surface area contributed by atoms with Gasteiger partial charge in [0, 0.05) is 12.0 Å². The second-order valence-electron chi connectivity index (χ2n) is 6.80. The summed E-state index contributed by atoms with van der Waals surface area (Å²) in [5.41, 5.74) is 2.02. The van der Waals surface area contributed by atoms with Gasteiger partial charge >= 0.3 is 0 Å². The molecule has 0 saturated carbocycles. The standard InChI is InChI=1S/C20H20N2O5/c1-12-18(22(11-27-12)20(25)16-9-4-10-26-16)19(24)21-14-7-2-5-13-6-3-8-15(23)17(13)14/h2,4-5,7,9-10,12,18H,3,6,8,11H2,1H3,(H,21,24)/t12-,18+/m1/s1. The van der Waals surface area contributed by atoms with Crippen LogP contribution in [0.15, 0.2) is 41.0 Å². The lowest BCUT2D eigenvalue weighted by Crippen LogP contribution is -2.47. The molecule has 1 aromatic carbocycles. The fraction of sp³-hybridized carbons (Fsp3) is 0.350. The van der Waals surface area contributed by atoms with Crippen LogP contribution in [0.25, 0.3) is 0 Å². The SMILES string of the molecule is C[C@H]1OCN(C(=O)c2ccco2)[C@@H]1C(=O)Nc1cccc2c1C(=O)CCC2. The van der Waals surface area contributed by atoms with Gasteiger partial charge in [-0.15, -0.1) is 0 Å². The Balaban J connectivity index is 1.59. The zero-order chi connectivity index (χ0) is 19.0. The van der Waals surface area contributed by atoms with Gasteiger partial charge in [0.25, 0.3) is 5.91 Å². The van der Waals surface area contributed by atoms with E-state index in [9.17, 15) is 14.4 Å². The predicted molar refractivity (Wildman–Crippen MR) is 96.4 cm³/mol. The fourth-order valence-electron chi connectivity index (χ4n) is 3.72. The first-order chi connectivity index (χ1) is 13.1. The molecule has 4 rings (SSSR count). The first kappa shape index (κ1) is 17.5. The summed E-state index contributed by atoms with van der Waals surface area (Å²) in [5, 5.41) is 2.84. The largest absolute Gasteiger partial charge is 0.459 e. The Bertz CT molecular complexity index is 890. The topological polar surface area (TPSA) is 88.8 Å². The van der Waals surface area contributed by atoms with Crippen molar-refractivity contribution in [2.75, 3.05) is 12.0 Å². The summed E-state index contributed by atoms with van der Waals surface area (Å²) < 4.78 is 10.7. The molecular weight excluding hydrogens is 348 g/mol. The van der Waals surface area contributed by atoms with Crippen LogP contribution in [0.5, 0.6) is 0 Å². The van der Waals surface area contributed by atoms with Crippen LogP contribution in [0.1, 0.15) is 46.2 Å². The lowest BCUT2D eigenvalue weighted by Gasteiger charge is -2.24. The Kier molecular flexibility index (Phi) is 4.53. The summed E-state index contributed by atoms with van der Waals surface area (Å²) in [6.07, 6.45) is 3.05. The number of hydrogen-bond acceptors (Lipinski definition) is 5. The number of Topliss-reactive ketones (excluding diaryl/α,β-unsaturated/α-hetero) is 1. The van der Waals surface area contributed by atoms with Crippen molar-refractivity contribution in [3.63, 3.8) is 0 Å². The van der Waals surface area contributed by atoms with Crippen LogP contribution < -0.4 is 5.32 Å². The molecule has 140 valence electrons. The Morgan fingerprint density at radius 1 is 1.19 bits per heavy atom. The number of amides is 2. The molecule has 1 saturated heterocycles. The number of carbonyl (C=O) groups is 3. The van der Waals surface area contributed by atoms with E-state index < -0.39 is 18.1 Å². The van der Waals surface area contributed by atoms with Gasteiger partial charge in [-0.05, 0) is 43.5 Å². The Hall–Kier alpha value is -2.93. The number of nitrogens with one attached hydrogen (secondary N) is 1. The maximum Gasteiger partial charge on any atom is 0.292 e. The van der Waals surface area contributed by atoms with Gasteiger partial charge in [0.1, 0.15) is 12.8 Å². The molecular formula is C20H20N2O5. The number of ether oxygens (including phenoxy) is 1. The van der Waals surface area contributed by atoms with Crippen molar-refractivity contribution < 1.29 is 23.5 Å². The van der Waals surface area contributed by atoms with Gasteiger partial charge in [-0.1, -0.05) is 12.1 Å². The van der Waals surface area contributed by atoms with E-state index in [4.69, 9.17) is 9.15 Å². The van der Waals surface area contributed by atoms with Gasteiger partial charge < -0.3 is 14.5 Å². The Labute approximate surface area is 156 Å². The van der Waals surface area contributed by atoms with E-state index in [-0.39, 0.29) is 24.2 Å². The van der Waals surface area contributed by atoms with E-state index >= 15 is 0 Å². The number of nitrogens with zero attached hydrogens (tertiary/aromatic N) is 1. The second-order valence-corrected chi connectivity index (χ2v) is 6.80. The third kappa shape index (κ3) is 3.14. The van der Waals surface area contributed by atoms with E-state index in [1.807, 2.05) is 12.1 Å². The monoisotopic (exact) mass is 368 g/mol. The lowest BCUT2D eigenvalue weighted by atomic mass is 9.89. The van der Waals surface area contributed by atoms with Gasteiger partial charge in [0.05, 0.1) is 18.1 Å². The van der Waals surface area contributed by atoms with Crippen molar-refractivity contribution in [1.29, 1.82) is 0 Å². The molecule has 0 radical (unpaired) electrons. The Morgan fingerprint density at radius 2 is 2.04 bits per heavy atom. The van der Waals surface area contributed by atoms with Crippen molar-refractivity contribution in [3.05, 3.63) is 53.5 Å². The molecule has 27 heavy (non-hydrogen) atoms. The van der Waals surface area contributed by atoms with Crippen LogP contribution in [-0.4, -0.2) is 41.4 Å². The quantitative estimate of drug-likeness (QED) is 0.900. The molecule has 0 spiro atoms. The van der Waals surface area contributed by atoms with Crippen LogP contribution in [-0.2, 0) is 16.0 Å². The molecule has 2 heterocycles. The molecule has 2 aromatic rings. The van der Waals surface area contributed by atoms with Crippen molar-refractivity contribution >= 4 is 23.3 Å². The summed E-state index contributed by atoms with van der Waals surface area (Å²) in [7, 11) is 0. The van der Waals surface area contributed by atoms with E-state index in [0.717, 1.165) is 18.4 Å². The Morgan fingerprint density at radius 3 is 2.81 bits per heavy atom. The third-order valence-electron chi connectivity index (χ3n) is 5.06. The highest BCUT2D eigenvalue weighted by Crippen LogP contribution is 2.29. The zero-order valence-electron chi connectivity index (χ0n) is 14.9. The van der Waals surface area contributed by atoms with Gasteiger partial charge in [0.15, 0.2) is 11.5 Å². The number of rotatable bonds is 3. The van der Waals surface area contributed by atoms with Gasteiger partial charge in [0.2, 0.25) is 5.91 Å². The number of anilines is 1. The first-order valence-electron chi connectivity index (χ1n) is 8.98. The highest BCUT2D eigenvalue weighted by atomic mass is 16.5. The van der Waals surface area contributed by atoms with Crippen LogP contribution in [0, 0.1) is 0 Å². The number of benzene rings is 1. The fourth-order valence-corrected chi connectivity index (χ4v) is 3.72. The molecule has 1 aliphatic carbocycles. The van der Waals surface area contributed by atoms with Gasteiger partial charge in [-0.25, -0.2) is 0 Å². The number of carbonyl (C=O) groups excluding carboxylic acids is 3. The molecule has 1 fully saturated rings. The summed E-state index contributed by atoms with van der Waals surface area (Å²) >= 11 is 0. The molecule has 2 amide bonds. The number of fused-ring (bicyclic) bond motifs is 1. The summed E-state index contributed by atoms with van der Waals surface area (Å²) in [5.74, 6) is -0.605. The average Bonchev–Trinajstić information content (AvgIpc) is 3.31. The van der Waals surface area contributed by atoms with Crippen LogP contribution in [0.3, 0.4) is 0 Å². The van der Waals surface area contributed by atoms with E-state index in [0.29, 0.717) is 17.7 Å². The van der Waals surface area contributed by atoms with Crippen molar-refractivity contribution in [2.45, 2.75) is 38.3 Å². The maximum absolute atomic E-state index is 13.0. The molecule has 1 N–H and O–H groups in total.